The molecule has 0 aliphatic rings. The number of rotatable bonds is 6. The number of benzene rings is 2. The summed E-state index contributed by atoms with van der Waals surface area (Å²) < 4.78 is 5.41. The van der Waals surface area contributed by atoms with Gasteiger partial charge in [0.25, 0.3) is 5.91 Å². The Morgan fingerprint density at radius 2 is 1.96 bits per heavy atom. The van der Waals surface area contributed by atoms with E-state index in [1.807, 2.05) is 31.2 Å². The van der Waals surface area contributed by atoms with Crippen LogP contribution in [0.2, 0.25) is 0 Å². The molecule has 2 rings (SSSR count). The first-order valence-corrected chi connectivity index (χ1v) is 7.21. The zero-order valence-corrected chi connectivity index (χ0v) is 12.8. The van der Waals surface area contributed by atoms with E-state index in [-0.39, 0.29) is 11.5 Å². The molecule has 118 valence electrons. The van der Waals surface area contributed by atoms with Gasteiger partial charge >= 0.3 is 0 Å². The zero-order valence-electron chi connectivity index (χ0n) is 12.8. The number of hydrogen-bond acceptors (Lipinski definition) is 3. The number of amides is 2. The van der Waals surface area contributed by atoms with Gasteiger partial charge in [0.15, 0.2) is 0 Å². The molecule has 0 radical (unpaired) electrons. The van der Waals surface area contributed by atoms with Gasteiger partial charge in [0.2, 0.25) is 5.91 Å². The molecule has 2 amide bonds. The monoisotopic (exact) mass is 310 g/mol. The molecule has 0 heterocycles. The number of ether oxygens (including phenoxy) is 1. The predicted molar refractivity (Wildman–Crippen MR) is 90.2 cm³/mol. The molecule has 0 aromatic heterocycles. The first kappa shape index (κ1) is 16.3. The Balaban J connectivity index is 2.08. The fraction of sp³-hybridized carbons (Fsp3) is 0.111. The molecule has 0 saturated carbocycles. The van der Waals surface area contributed by atoms with Crippen LogP contribution in [-0.2, 0) is 4.79 Å². The predicted octanol–water partition coefficient (Wildman–Crippen LogP) is 2.84. The lowest BCUT2D eigenvalue weighted by Crippen LogP contribution is -2.16. The van der Waals surface area contributed by atoms with Crippen LogP contribution in [0, 0.1) is 0 Å². The molecule has 0 atom stereocenters. The van der Waals surface area contributed by atoms with Gasteiger partial charge in [-0.2, -0.15) is 0 Å². The van der Waals surface area contributed by atoms with Crippen LogP contribution < -0.4 is 15.8 Å². The molecular formula is C18H18N2O3. The van der Waals surface area contributed by atoms with Gasteiger partial charge in [-0.15, -0.1) is 0 Å². The Morgan fingerprint density at radius 3 is 2.70 bits per heavy atom. The first-order chi connectivity index (χ1) is 11.1. The van der Waals surface area contributed by atoms with Crippen LogP contribution in [0.1, 0.15) is 22.8 Å². The molecule has 5 nitrogen and oxygen atoms in total. The summed E-state index contributed by atoms with van der Waals surface area (Å²) in [7, 11) is 0. The van der Waals surface area contributed by atoms with E-state index >= 15 is 0 Å². The van der Waals surface area contributed by atoms with Crippen LogP contribution >= 0.6 is 0 Å². The third-order valence-electron chi connectivity index (χ3n) is 3.05. The van der Waals surface area contributed by atoms with E-state index in [9.17, 15) is 9.59 Å². The Morgan fingerprint density at radius 1 is 1.17 bits per heavy atom. The molecule has 0 aliphatic carbocycles. The van der Waals surface area contributed by atoms with Crippen molar-refractivity contribution in [2.45, 2.75) is 6.92 Å². The summed E-state index contributed by atoms with van der Waals surface area (Å²) in [6.45, 7) is 2.49. The average Bonchev–Trinajstić information content (AvgIpc) is 2.54. The van der Waals surface area contributed by atoms with Crippen molar-refractivity contribution in [3.8, 4) is 5.75 Å². The maximum Gasteiger partial charge on any atom is 0.250 e. The molecule has 3 N–H and O–H groups in total. The number of carbonyl (C=O) groups is 2. The van der Waals surface area contributed by atoms with Crippen LogP contribution in [0.3, 0.4) is 0 Å². The summed E-state index contributed by atoms with van der Waals surface area (Å²) in [5, 5.41) is 2.64. The first-order valence-electron chi connectivity index (χ1n) is 7.21. The van der Waals surface area contributed by atoms with Gasteiger partial charge in [-0.25, -0.2) is 0 Å². The molecule has 0 aliphatic heterocycles. The van der Waals surface area contributed by atoms with Gasteiger partial charge in [-0.05, 0) is 42.8 Å². The maximum atomic E-state index is 12.0. The summed E-state index contributed by atoms with van der Waals surface area (Å²) in [4.78, 5) is 23.3. The average molecular weight is 310 g/mol. The number of hydrogen-bond donors (Lipinski definition) is 2. The number of para-hydroxylation sites is 1. The van der Waals surface area contributed by atoms with Crippen LogP contribution in [0.25, 0.3) is 6.08 Å². The largest absolute Gasteiger partial charge is 0.494 e. The van der Waals surface area contributed by atoms with E-state index < -0.39 is 5.91 Å². The third kappa shape index (κ3) is 4.71. The lowest BCUT2D eigenvalue weighted by molar-refractivity contribution is -0.111. The highest BCUT2D eigenvalue weighted by Crippen LogP contribution is 2.16. The van der Waals surface area contributed by atoms with Crippen molar-refractivity contribution >= 4 is 23.6 Å². The van der Waals surface area contributed by atoms with Gasteiger partial charge in [0.05, 0.1) is 17.9 Å². The molecule has 0 spiro atoms. The number of nitrogens with one attached hydrogen (secondary N) is 1. The van der Waals surface area contributed by atoms with E-state index in [1.54, 1.807) is 30.3 Å². The summed E-state index contributed by atoms with van der Waals surface area (Å²) in [5.41, 5.74) is 6.78. The van der Waals surface area contributed by atoms with Gasteiger partial charge in [-0.3, -0.25) is 9.59 Å². The Kier molecular flexibility index (Phi) is 5.52. The van der Waals surface area contributed by atoms with E-state index in [4.69, 9.17) is 10.5 Å². The highest BCUT2D eigenvalue weighted by molar-refractivity contribution is 6.07. The molecule has 2 aromatic rings. The minimum absolute atomic E-state index is 0.271. The second-order valence-corrected chi connectivity index (χ2v) is 4.74. The second-order valence-electron chi connectivity index (χ2n) is 4.74. The topological polar surface area (TPSA) is 81.4 Å². The van der Waals surface area contributed by atoms with Crippen molar-refractivity contribution in [2.75, 3.05) is 11.9 Å². The number of carbonyl (C=O) groups excluding carboxylic acids is 2. The van der Waals surface area contributed by atoms with Gasteiger partial charge in [0.1, 0.15) is 5.75 Å². The maximum absolute atomic E-state index is 12.0. The minimum Gasteiger partial charge on any atom is -0.494 e. The van der Waals surface area contributed by atoms with Crippen molar-refractivity contribution in [3.63, 3.8) is 0 Å². The summed E-state index contributed by atoms with van der Waals surface area (Å²) >= 11 is 0. The fourth-order valence-corrected chi connectivity index (χ4v) is 2.03. The van der Waals surface area contributed by atoms with Crippen molar-refractivity contribution < 1.29 is 14.3 Å². The SMILES string of the molecule is CCOc1cccc(/C=C/C(=O)Nc2ccccc2C(N)=O)c1. The molecule has 23 heavy (non-hydrogen) atoms. The lowest BCUT2D eigenvalue weighted by Gasteiger charge is -2.06. The summed E-state index contributed by atoms with van der Waals surface area (Å²) in [6, 6.07) is 14.0. The van der Waals surface area contributed by atoms with Crippen LogP contribution in [0.15, 0.2) is 54.6 Å². The second kappa shape index (κ2) is 7.79. The Hall–Kier alpha value is -3.08. The highest BCUT2D eigenvalue weighted by Gasteiger charge is 2.08. The summed E-state index contributed by atoms with van der Waals surface area (Å²) in [6.07, 6.45) is 3.06. The normalized spacial score (nSPS) is 10.5. The van der Waals surface area contributed by atoms with Gasteiger partial charge in [0, 0.05) is 6.08 Å². The van der Waals surface area contributed by atoms with Crippen LogP contribution in [-0.4, -0.2) is 18.4 Å². The van der Waals surface area contributed by atoms with E-state index in [0.29, 0.717) is 12.3 Å². The van der Waals surface area contributed by atoms with Crippen molar-refractivity contribution in [3.05, 3.63) is 65.7 Å². The molecule has 2 aromatic carbocycles. The summed E-state index contributed by atoms with van der Waals surface area (Å²) in [5.74, 6) is -0.191. The standard InChI is InChI=1S/C18H18N2O3/c1-2-23-14-7-5-6-13(12-14)10-11-17(21)20-16-9-4-3-8-15(16)18(19)22/h3-12H,2H2,1H3,(H2,19,22)(H,20,21)/b11-10+. The van der Waals surface area contributed by atoms with E-state index in [0.717, 1.165) is 11.3 Å². The van der Waals surface area contributed by atoms with Crippen molar-refractivity contribution in [2.24, 2.45) is 5.73 Å². The minimum atomic E-state index is -0.589. The smallest absolute Gasteiger partial charge is 0.250 e. The molecular weight excluding hydrogens is 292 g/mol. The molecule has 5 heteroatoms. The molecule has 0 saturated heterocycles. The van der Waals surface area contributed by atoms with Crippen LogP contribution in [0.4, 0.5) is 5.69 Å². The fourth-order valence-electron chi connectivity index (χ4n) is 2.03. The zero-order chi connectivity index (χ0) is 16.7. The van der Waals surface area contributed by atoms with Gasteiger partial charge < -0.3 is 15.8 Å². The number of nitrogens with two attached hydrogens (primary N) is 1. The van der Waals surface area contributed by atoms with Crippen molar-refractivity contribution in [1.82, 2.24) is 0 Å². The van der Waals surface area contributed by atoms with E-state index in [1.165, 1.54) is 6.08 Å². The Labute approximate surface area is 134 Å². The Bertz CT molecular complexity index is 739. The van der Waals surface area contributed by atoms with Crippen LogP contribution in [0.5, 0.6) is 5.75 Å². The number of primary amides is 1. The van der Waals surface area contributed by atoms with E-state index in [2.05, 4.69) is 5.32 Å². The third-order valence-corrected chi connectivity index (χ3v) is 3.05. The lowest BCUT2D eigenvalue weighted by atomic mass is 10.1. The molecule has 0 bridgehead atoms. The molecule has 0 unspecified atom stereocenters. The van der Waals surface area contributed by atoms with Gasteiger partial charge in [-0.1, -0.05) is 24.3 Å². The van der Waals surface area contributed by atoms with Crippen molar-refractivity contribution in [1.29, 1.82) is 0 Å². The molecule has 0 fully saturated rings. The highest BCUT2D eigenvalue weighted by atomic mass is 16.5. The quantitative estimate of drug-likeness (QED) is 0.805. The number of anilines is 1.